The average Bonchev–Trinajstić information content (AvgIpc) is 2.97. The highest BCUT2D eigenvalue weighted by atomic mass is 19.1. The Bertz CT molecular complexity index is 943. The quantitative estimate of drug-likeness (QED) is 0.0781. The Hall–Kier alpha value is -2.12. The molecule has 0 saturated heterocycles. The standard InChI is InChI=1S/C34H49FO6/c1-3-5-33(36)40-29-16-18-30(19-17-29)41-39-23-26-11-20-31(32(35)22-26)34(37)38-21-4-6-25-9-14-28(15-10-25)27-12-7-24(2)8-13-27/h3,11,20,22,24-25,27-30H,1,4-10,12-19,21,23H2,2H3. The second kappa shape index (κ2) is 16.5. The Kier molecular flexibility index (Phi) is 12.8. The van der Waals surface area contributed by atoms with Crippen molar-refractivity contribution < 1.29 is 33.2 Å². The Morgan fingerprint density at radius 1 is 0.927 bits per heavy atom. The number of halogens is 1. The number of hydrogen-bond acceptors (Lipinski definition) is 6. The summed E-state index contributed by atoms with van der Waals surface area (Å²) >= 11 is 0. The van der Waals surface area contributed by atoms with Crippen LogP contribution in [0.15, 0.2) is 18.2 Å². The zero-order valence-electron chi connectivity index (χ0n) is 24.8. The molecule has 1 aromatic carbocycles. The molecule has 0 heterocycles. The first-order valence-corrected chi connectivity index (χ1v) is 16.0. The second-order valence-electron chi connectivity index (χ2n) is 12.6. The number of esters is 2. The number of carbonyl (C=O) groups excluding carboxylic acids is 2. The Morgan fingerprint density at radius 3 is 2.24 bits per heavy atom. The fourth-order valence-corrected chi connectivity index (χ4v) is 6.93. The van der Waals surface area contributed by atoms with Gasteiger partial charge in [0.1, 0.15) is 18.5 Å². The van der Waals surface area contributed by atoms with Gasteiger partial charge in [-0.05, 0) is 112 Å². The average molecular weight is 573 g/mol. The third kappa shape index (κ3) is 10.3. The molecule has 3 aliphatic rings. The minimum absolute atomic E-state index is 0.0544. The highest BCUT2D eigenvalue weighted by molar-refractivity contribution is 5.89. The predicted molar refractivity (Wildman–Crippen MR) is 155 cm³/mol. The van der Waals surface area contributed by atoms with Gasteiger partial charge in [0.25, 0.3) is 5.97 Å². The molecule has 0 aromatic heterocycles. The minimum atomic E-state index is -0.619. The van der Waals surface area contributed by atoms with E-state index >= 15 is 0 Å². The van der Waals surface area contributed by atoms with Gasteiger partial charge in [0.2, 0.25) is 0 Å². The van der Waals surface area contributed by atoms with Crippen LogP contribution >= 0.6 is 0 Å². The Morgan fingerprint density at radius 2 is 1.59 bits per heavy atom. The van der Waals surface area contributed by atoms with E-state index < -0.39 is 11.8 Å². The van der Waals surface area contributed by atoms with Crippen LogP contribution in [0, 0.1) is 42.8 Å². The van der Waals surface area contributed by atoms with Crippen LogP contribution in [0.3, 0.4) is 0 Å². The zero-order chi connectivity index (χ0) is 29.0. The van der Waals surface area contributed by atoms with Crippen molar-refractivity contribution in [2.24, 2.45) is 23.7 Å². The number of hydrogen-bond donors (Lipinski definition) is 0. The molecule has 0 bridgehead atoms. The molecule has 3 saturated carbocycles. The number of carbonyl (C=O) groups is 2. The third-order valence-corrected chi connectivity index (χ3v) is 9.52. The van der Waals surface area contributed by atoms with E-state index in [1.165, 1.54) is 69.9 Å². The summed E-state index contributed by atoms with van der Waals surface area (Å²) in [6.07, 6.45) is 17.2. The summed E-state index contributed by atoms with van der Waals surface area (Å²) < 4.78 is 25.4. The van der Waals surface area contributed by atoms with E-state index in [4.69, 9.17) is 19.2 Å². The van der Waals surface area contributed by atoms with Crippen molar-refractivity contribution in [2.75, 3.05) is 6.61 Å². The van der Waals surface area contributed by atoms with Gasteiger partial charge in [0.05, 0.1) is 18.3 Å². The lowest BCUT2D eigenvalue weighted by molar-refractivity contribution is -0.338. The first-order chi connectivity index (χ1) is 19.9. The van der Waals surface area contributed by atoms with Crippen LogP contribution in [0.4, 0.5) is 4.39 Å². The van der Waals surface area contributed by atoms with Crippen LogP contribution in [0.25, 0.3) is 0 Å². The maximum absolute atomic E-state index is 14.7. The van der Waals surface area contributed by atoms with Crippen LogP contribution in [0.1, 0.15) is 119 Å². The van der Waals surface area contributed by atoms with Crippen molar-refractivity contribution in [1.82, 2.24) is 0 Å². The normalized spacial score (nSPS) is 28.6. The van der Waals surface area contributed by atoms with Crippen LogP contribution in [0.2, 0.25) is 0 Å². The highest BCUT2D eigenvalue weighted by Gasteiger charge is 2.30. The Balaban J connectivity index is 1.07. The molecule has 0 radical (unpaired) electrons. The minimum Gasteiger partial charge on any atom is -0.464 e. The molecule has 0 aliphatic heterocycles. The van der Waals surface area contributed by atoms with E-state index in [1.807, 2.05) is 0 Å². The molecule has 6 nitrogen and oxygen atoms in total. The summed E-state index contributed by atoms with van der Waals surface area (Å²) in [5.74, 6) is 2.00. The lowest BCUT2D eigenvalue weighted by Crippen LogP contribution is -2.28. The molecule has 3 fully saturated rings. The van der Waals surface area contributed by atoms with Gasteiger partial charge in [0, 0.05) is 0 Å². The molecular formula is C34H49FO6. The van der Waals surface area contributed by atoms with Crippen molar-refractivity contribution in [3.8, 4) is 0 Å². The van der Waals surface area contributed by atoms with Gasteiger partial charge in [-0.2, -0.15) is 0 Å². The van der Waals surface area contributed by atoms with Gasteiger partial charge in [-0.15, -0.1) is 6.42 Å². The molecule has 228 valence electrons. The van der Waals surface area contributed by atoms with Crippen molar-refractivity contribution in [3.63, 3.8) is 0 Å². The predicted octanol–water partition coefficient (Wildman–Crippen LogP) is 8.13. The maximum atomic E-state index is 14.7. The van der Waals surface area contributed by atoms with Crippen LogP contribution < -0.4 is 0 Å². The molecular weight excluding hydrogens is 523 g/mol. The highest BCUT2D eigenvalue weighted by Crippen LogP contribution is 2.42. The van der Waals surface area contributed by atoms with Gasteiger partial charge in [-0.25, -0.2) is 19.0 Å². The van der Waals surface area contributed by atoms with Crippen molar-refractivity contribution >= 4 is 11.9 Å². The summed E-state index contributed by atoms with van der Waals surface area (Å²) in [7, 11) is 0. The molecule has 3 aliphatic carbocycles. The number of rotatable bonds is 13. The number of ether oxygens (including phenoxy) is 2. The van der Waals surface area contributed by atoms with Gasteiger partial charge < -0.3 is 9.47 Å². The lowest BCUT2D eigenvalue weighted by Gasteiger charge is -2.37. The maximum Gasteiger partial charge on any atom is 0.341 e. The summed E-state index contributed by atoms with van der Waals surface area (Å²) in [6.45, 7) is 6.33. The van der Waals surface area contributed by atoms with Crippen molar-refractivity contribution in [1.29, 1.82) is 0 Å². The molecule has 1 aromatic rings. The fourth-order valence-electron chi connectivity index (χ4n) is 6.93. The molecule has 0 atom stereocenters. The monoisotopic (exact) mass is 572 g/mol. The summed E-state index contributed by atoms with van der Waals surface area (Å²) in [5.41, 5.74) is 0.519. The third-order valence-electron chi connectivity index (χ3n) is 9.52. The molecule has 41 heavy (non-hydrogen) atoms. The van der Waals surface area contributed by atoms with E-state index in [9.17, 15) is 14.0 Å². The smallest absolute Gasteiger partial charge is 0.341 e. The van der Waals surface area contributed by atoms with E-state index in [1.54, 1.807) is 6.07 Å². The van der Waals surface area contributed by atoms with E-state index in [0.29, 0.717) is 37.9 Å². The second-order valence-corrected chi connectivity index (χ2v) is 12.6. The topological polar surface area (TPSA) is 71.1 Å². The molecule has 4 rings (SSSR count). The van der Waals surface area contributed by atoms with Gasteiger partial charge >= 0.3 is 5.97 Å². The lowest BCUT2D eigenvalue weighted by atomic mass is 9.69. The molecule has 0 unspecified atom stereocenters. The summed E-state index contributed by atoms with van der Waals surface area (Å²) in [4.78, 5) is 34.9. The largest absolute Gasteiger partial charge is 0.464 e. The van der Waals surface area contributed by atoms with Gasteiger partial charge in [-0.1, -0.05) is 45.6 Å². The van der Waals surface area contributed by atoms with Crippen LogP contribution in [0.5, 0.6) is 0 Å². The molecule has 0 spiro atoms. The van der Waals surface area contributed by atoms with E-state index in [0.717, 1.165) is 36.5 Å². The Labute approximate surface area is 246 Å². The van der Waals surface area contributed by atoms with Crippen molar-refractivity contribution in [2.45, 2.75) is 122 Å². The van der Waals surface area contributed by atoms with Gasteiger partial charge in [0.15, 0.2) is 0 Å². The summed E-state index contributed by atoms with van der Waals surface area (Å²) in [6, 6.07) is 4.40. The van der Waals surface area contributed by atoms with E-state index in [2.05, 4.69) is 13.8 Å². The fraction of sp³-hybridized carbons (Fsp3) is 0.706. The van der Waals surface area contributed by atoms with Crippen molar-refractivity contribution in [3.05, 3.63) is 48.5 Å². The first kappa shape index (κ1) is 31.8. The first-order valence-electron chi connectivity index (χ1n) is 16.0. The molecule has 0 N–H and O–H groups in total. The summed E-state index contributed by atoms with van der Waals surface area (Å²) in [5, 5.41) is 0. The van der Waals surface area contributed by atoms with Crippen LogP contribution in [-0.2, 0) is 30.7 Å². The molecule has 0 amide bonds. The van der Waals surface area contributed by atoms with Gasteiger partial charge in [-0.3, -0.25) is 4.79 Å². The van der Waals surface area contributed by atoms with E-state index in [-0.39, 0.29) is 36.8 Å². The van der Waals surface area contributed by atoms with Crippen LogP contribution in [-0.4, -0.2) is 30.8 Å². The molecule has 7 heteroatoms. The SMILES string of the molecule is [CH2+][CH-]CC(=O)OC1CCC(OOCc2ccc(C(=O)OCCCC3CCC(C4CCC(C)CC4)CC3)c(F)c2)CC1. The zero-order valence-corrected chi connectivity index (χ0v) is 24.8. The number of benzene rings is 1.